The zero-order valence-corrected chi connectivity index (χ0v) is 23.7. The van der Waals surface area contributed by atoms with Gasteiger partial charge in [-0.2, -0.15) is 0 Å². The van der Waals surface area contributed by atoms with E-state index in [2.05, 4.69) is 48.5 Å². The summed E-state index contributed by atoms with van der Waals surface area (Å²) in [6.07, 6.45) is 0. The van der Waals surface area contributed by atoms with Gasteiger partial charge in [0.2, 0.25) is 0 Å². The third-order valence-electron chi connectivity index (χ3n) is 9.06. The Balaban J connectivity index is 1.27. The minimum absolute atomic E-state index is 0.497. The van der Waals surface area contributed by atoms with Crippen molar-refractivity contribution in [3.8, 4) is 11.1 Å². The minimum Gasteiger partial charge on any atom is -0.372 e. The first-order valence-electron chi connectivity index (χ1n) is 14.8. The van der Waals surface area contributed by atoms with Crippen molar-refractivity contribution >= 4 is 0 Å². The van der Waals surface area contributed by atoms with E-state index in [4.69, 9.17) is 28.4 Å². The highest BCUT2D eigenvalue weighted by Gasteiger charge is 2.36. The molecular weight excluding hydrogens is 528 g/mol. The first kappa shape index (κ1) is 26.3. The van der Waals surface area contributed by atoms with Gasteiger partial charge in [0.1, 0.15) is 0 Å². The van der Waals surface area contributed by atoms with E-state index in [0.29, 0.717) is 79.3 Å². The molecule has 4 aliphatic heterocycles. The number of rotatable bonds is 9. The van der Waals surface area contributed by atoms with Crippen LogP contribution in [0.4, 0.5) is 0 Å². The van der Waals surface area contributed by atoms with Crippen molar-refractivity contribution in [1.82, 2.24) is 0 Å². The maximum atomic E-state index is 6.46. The van der Waals surface area contributed by atoms with Crippen molar-refractivity contribution in [3.63, 3.8) is 0 Å². The molecule has 214 valence electrons. The van der Waals surface area contributed by atoms with Gasteiger partial charge in [-0.25, -0.2) is 0 Å². The van der Waals surface area contributed by atoms with Gasteiger partial charge >= 0.3 is 0 Å². The Hall–Kier alpha value is -3.36. The van der Waals surface area contributed by atoms with Gasteiger partial charge in [0.05, 0.1) is 79.3 Å². The van der Waals surface area contributed by atoms with Crippen LogP contribution in [0.3, 0.4) is 0 Å². The monoisotopic (exact) mass is 562 g/mol. The molecule has 0 atom stereocenters. The summed E-state index contributed by atoms with van der Waals surface area (Å²) >= 11 is 0. The van der Waals surface area contributed by atoms with Crippen LogP contribution in [0.2, 0.25) is 0 Å². The first-order chi connectivity index (χ1) is 20.9. The molecule has 8 rings (SSSR count). The van der Waals surface area contributed by atoms with Crippen molar-refractivity contribution in [2.75, 3.05) is 0 Å². The number of fused-ring (bicyclic) bond motifs is 6. The summed E-state index contributed by atoms with van der Waals surface area (Å²) < 4.78 is 37.3. The van der Waals surface area contributed by atoms with Crippen LogP contribution in [-0.2, 0) is 108 Å². The van der Waals surface area contributed by atoms with Gasteiger partial charge in [0, 0.05) is 0 Å². The number of ether oxygens (including phenoxy) is 6. The Kier molecular flexibility index (Phi) is 7.12. The fourth-order valence-corrected chi connectivity index (χ4v) is 7.06. The molecule has 0 fully saturated rings. The van der Waals surface area contributed by atoms with E-state index in [0.717, 1.165) is 11.1 Å². The van der Waals surface area contributed by atoms with Gasteiger partial charge in [0.15, 0.2) is 0 Å². The van der Waals surface area contributed by atoms with Gasteiger partial charge in [0.25, 0.3) is 0 Å². The molecule has 6 heteroatoms. The molecule has 0 radical (unpaired) electrons. The molecule has 4 aromatic rings. The first-order valence-corrected chi connectivity index (χ1v) is 14.8. The number of hydrogen-bond acceptors (Lipinski definition) is 6. The van der Waals surface area contributed by atoms with Crippen LogP contribution in [-0.4, -0.2) is 0 Å². The second kappa shape index (κ2) is 11.4. The number of benzene rings is 4. The molecule has 4 aliphatic rings. The molecule has 0 aliphatic carbocycles. The van der Waals surface area contributed by atoms with Crippen LogP contribution in [0.15, 0.2) is 60.7 Å². The average molecular weight is 563 g/mol. The van der Waals surface area contributed by atoms with Gasteiger partial charge < -0.3 is 28.4 Å². The molecular formula is C36H34O6. The molecule has 0 spiro atoms. The van der Waals surface area contributed by atoms with E-state index in [-0.39, 0.29) is 0 Å². The summed E-state index contributed by atoms with van der Waals surface area (Å²) in [5, 5.41) is 0. The largest absolute Gasteiger partial charge is 0.372 e. The van der Waals surface area contributed by atoms with E-state index in [9.17, 15) is 0 Å². The summed E-state index contributed by atoms with van der Waals surface area (Å²) in [5.74, 6) is 0. The fourth-order valence-electron chi connectivity index (χ4n) is 7.06. The molecule has 42 heavy (non-hydrogen) atoms. The second-order valence-corrected chi connectivity index (χ2v) is 11.5. The number of hydrogen-bond donors (Lipinski definition) is 0. The van der Waals surface area contributed by atoms with E-state index in [1.165, 1.54) is 66.8 Å². The Labute approximate surface area is 246 Å². The molecule has 0 aromatic heterocycles. The zero-order chi connectivity index (χ0) is 27.9. The van der Waals surface area contributed by atoms with E-state index in [1.54, 1.807) is 0 Å². The molecule has 6 nitrogen and oxygen atoms in total. The highest BCUT2D eigenvalue weighted by Crippen LogP contribution is 2.49. The lowest BCUT2D eigenvalue weighted by atomic mass is 9.79. The Bertz CT molecular complexity index is 1510. The maximum absolute atomic E-state index is 6.46. The normalized spacial score (nSPS) is 16.5. The van der Waals surface area contributed by atoms with Crippen LogP contribution in [0.5, 0.6) is 0 Å². The second-order valence-electron chi connectivity index (χ2n) is 11.5. The lowest BCUT2D eigenvalue weighted by Gasteiger charge is -2.25. The summed E-state index contributed by atoms with van der Waals surface area (Å²) in [7, 11) is 0. The lowest BCUT2D eigenvalue weighted by Crippen LogP contribution is -2.12. The molecule has 0 saturated carbocycles. The third-order valence-corrected chi connectivity index (χ3v) is 9.06. The Morgan fingerprint density at radius 3 is 1.12 bits per heavy atom. The standard InChI is InChI=1S/C36H34O6/c1-3-7-23(8-4-1)11-37-19-31-27-15-39-13-25(27)29-17-41-21-33(29)35(31)36-32(20-38-12-24-9-5-2-6-10-24)28-16-40-14-26(28)30-18-42-22-34(30)36/h1-10H,11-22H2. The maximum Gasteiger partial charge on any atom is 0.0731 e. The fraction of sp³-hybridized carbons (Fsp3) is 0.333. The average Bonchev–Trinajstić information content (AvgIpc) is 3.84. The van der Waals surface area contributed by atoms with Crippen LogP contribution < -0.4 is 0 Å². The van der Waals surface area contributed by atoms with Crippen molar-refractivity contribution in [3.05, 3.63) is 127 Å². The molecule has 4 heterocycles. The highest BCUT2D eigenvalue weighted by molar-refractivity contribution is 5.83. The Morgan fingerprint density at radius 2 is 0.714 bits per heavy atom. The van der Waals surface area contributed by atoms with Gasteiger partial charge in [-0.05, 0) is 77.9 Å². The van der Waals surface area contributed by atoms with E-state index < -0.39 is 0 Å². The topological polar surface area (TPSA) is 55.4 Å². The minimum atomic E-state index is 0.497. The summed E-state index contributed by atoms with van der Waals surface area (Å²) in [4.78, 5) is 0. The zero-order valence-electron chi connectivity index (χ0n) is 23.7. The molecule has 0 N–H and O–H groups in total. The van der Waals surface area contributed by atoms with Crippen LogP contribution in [0, 0.1) is 0 Å². The predicted molar refractivity (Wildman–Crippen MR) is 156 cm³/mol. The van der Waals surface area contributed by atoms with Gasteiger partial charge in [-0.15, -0.1) is 0 Å². The molecule has 4 aromatic carbocycles. The van der Waals surface area contributed by atoms with Crippen molar-refractivity contribution in [1.29, 1.82) is 0 Å². The SMILES string of the molecule is c1ccc(COCc2c3c(c4c(c2-c2c(COCc5ccccc5)c5c(c6c2COC6)COC5)COC4)COC3)cc1. The third kappa shape index (κ3) is 4.60. The van der Waals surface area contributed by atoms with Crippen LogP contribution >= 0.6 is 0 Å². The summed E-state index contributed by atoms with van der Waals surface area (Å²) in [6, 6.07) is 20.7. The molecule has 0 unspecified atom stereocenters. The van der Waals surface area contributed by atoms with E-state index >= 15 is 0 Å². The molecule has 0 amide bonds. The van der Waals surface area contributed by atoms with Crippen molar-refractivity contribution < 1.29 is 28.4 Å². The van der Waals surface area contributed by atoms with Gasteiger partial charge in [-0.1, -0.05) is 60.7 Å². The summed E-state index contributed by atoms with van der Waals surface area (Å²) in [6.45, 7) is 6.92. The highest BCUT2D eigenvalue weighted by atomic mass is 16.5. The molecule has 0 saturated heterocycles. The lowest BCUT2D eigenvalue weighted by molar-refractivity contribution is 0.102. The summed E-state index contributed by atoms with van der Waals surface area (Å²) in [5.41, 5.74) is 17.4. The quantitative estimate of drug-likeness (QED) is 0.221. The van der Waals surface area contributed by atoms with Gasteiger partial charge in [-0.3, -0.25) is 0 Å². The van der Waals surface area contributed by atoms with Crippen LogP contribution in [0.25, 0.3) is 11.1 Å². The Morgan fingerprint density at radius 1 is 0.381 bits per heavy atom. The van der Waals surface area contributed by atoms with Crippen molar-refractivity contribution in [2.45, 2.75) is 79.3 Å². The predicted octanol–water partition coefficient (Wildman–Crippen LogP) is 6.91. The van der Waals surface area contributed by atoms with Crippen LogP contribution in [0.1, 0.15) is 66.8 Å². The molecule has 0 bridgehead atoms. The smallest absolute Gasteiger partial charge is 0.0731 e. The van der Waals surface area contributed by atoms with E-state index in [1.807, 2.05) is 12.1 Å². The van der Waals surface area contributed by atoms with Crippen molar-refractivity contribution in [2.24, 2.45) is 0 Å².